The van der Waals surface area contributed by atoms with Gasteiger partial charge >= 0.3 is 0 Å². The molecule has 0 saturated carbocycles. The van der Waals surface area contributed by atoms with Gasteiger partial charge in [0, 0.05) is 14.5 Å². The van der Waals surface area contributed by atoms with Crippen LogP contribution in [0.5, 0.6) is 0 Å². The maximum Gasteiger partial charge on any atom is 0.268 e. The fourth-order valence-corrected chi connectivity index (χ4v) is 2.57. The minimum atomic E-state index is -0.0857. The molecule has 0 radical (unpaired) electrons. The molecule has 2 aromatic heterocycles. The molecule has 0 fully saturated rings. The van der Waals surface area contributed by atoms with Crippen molar-refractivity contribution in [1.29, 1.82) is 0 Å². The van der Waals surface area contributed by atoms with Gasteiger partial charge in [-0.3, -0.25) is 4.79 Å². The second-order valence-corrected chi connectivity index (χ2v) is 5.95. The third-order valence-electron chi connectivity index (χ3n) is 2.19. The van der Waals surface area contributed by atoms with Crippen molar-refractivity contribution in [3.05, 3.63) is 41.8 Å². The summed E-state index contributed by atoms with van der Waals surface area (Å²) in [5.74, 6) is 0. The van der Waals surface area contributed by atoms with Gasteiger partial charge in [-0.05, 0) is 36.4 Å². The van der Waals surface area contributed by atoms with Crippen LogP contribution < -0.4 is 5.56 Å². The first kappa shape index (κ1) is 11.7. The molecule has 0 aliphatic heterocycles. The lowest BCUT2D eigenvalue weighted by Gasteiger charge is -2.00. The molecule has 0 spiro atoms. The van der Waals surface area contributed by atoms with E-state index in [1.807, 2.05) is 13.8 Å². The van der Waals surface area contributed by atoms with Gasteiger partial charge in [-0.15, -0.1) is 11.3 Å². The van der Waals surface area contributed by atoms with Gasteiger partial charge in [-0.2, -0.15) is 5.10 Å². The summed E-state index contributed by atoms with van der Waals surface area (Å²) in [7, 11) is 0. The predicted molar refractivity (Wildman–Crippen MR) is 71.9 cm³/mol. The summed E-state index contributed by atoms with van der Waals surface area (Å²) in [4.78, 5) is 17.2. The summed E-state index contributed by atoms with van der Waals surface area (Å²) in [5.41, 5.74) is 0.941. The van der Waals surface area contributed by atoms with Crippen LogP contribution >= 0.6 is 33.9 Å². The number of thiazole rings is 1. The minimum Gasteiger partial charge on any atom is -0.268 e. The Bertz CT molecular complexity index is 556. The Labute approximate surface area is 110 Å². The minimum absolute atomic E-state index is 0.0857. The second-order valence-electron chi connectivity index (χ2n) is 3.42. The molecule has 0 unspecified atom stereocenters. The number of aromatic nitrogens is 3. The normalized spacial score (nSPS) is 10.7. The summed E-state index contributed by atoms with van der Waals surface area (Å²) < 4.78 is 2.28. The van der Waals surface area contributed by atoms with E-state index in [1.54, 1.807) is 23.6 Å². The third kappa shape index (κ3) is 2.49. The highest BCUT2D eigenvalue weighted by Crippen LogP contribution is 2.16. The van der Waals surface area contributed by atoms with Crippen molar-refractivity contribution in [2.45, 2.75) is 20.4 Å². The number of aryl methyl sites for hydroxylation is 2. The smallest absolute Gasteiger partial charge is 0.268 e. The molecule has 0 aliphatic carbocycles. The first-order valence-electron chi connectivity index (χ1n) is 4.72. The Kier molecular flexibility index (Phi) is 3.38. The van der Waals surface area contributed by atoms with Gasteiger partial charge in [0.15, 0.2) is 0 Å². The third-order valence-corrected chi connectivity index (χ3v) is 3.84. The van der Waals surface area contributed by atoms with Crippen molar-refractivity contribution in [3.8, 4) is 0 Å². The monoisotopic (exact) mass is 347 g/mol. The molecule has 16 heavy (non-hydrogen) atoms. The maximum absolute atomic E-state index is 11.6. The van der Waals surface area contributed by atoms with Gasteiger partial charge in [-0.25, -0.2) is 9.67 Å². The van der Waals surface area contributed by atoms with E-state index in [1.165, 1.54) is 9.56 Å². The molecule has 6 heteroatoms. The van der Waals surface area contributed by atoms with E-state index in [9.17, 15) is 4.79 Å². The predicted octanol–water partition coefficient (Wildman–Crippen LogP) is 1.97. The molecular formula is C10H10IN3OS. The Morgan fingerprint density at radius 1 is 1.50 bits per heavy atom. The summed E-state index contributed by atoms with van der Waals surface area (Å²) >= 11 is 3.68. The standard InChI is InChI=1S/C10H10IN3OS/c1-6-7(2)16-9(13-6)5-14-10(15)3-8(11)4-12-14/h3-4H,5H2,1-2H3. The molecule has 0 N–H and O–H groups in total. The van der Waals surface area contributed by atoms with Gasteiger partial charge < -0.3 is 0 Å². The fraction of sp³-hybridized carbons (Fsp3) is 0.300. The van der Waals surface area contributed by atoms with Crippen LogP contribution in [-0.2, 0) is 6.54 Å². The number of rotatable bonds is 2. The average Bonchev–Trinajstić information content (AvgIpc) is 2.51. The topological polar surface area (TPSA) is 47.8 Å². The summed E-state index contributed by atoms with van der Waals surface area (Å²) in [6.45, 7) is 4.45. The van der Waals surface area contributed by atoms with Crippen molar-refractivity contribution >= 4 is 33.9 Å². The Morgan fingerprint density at radius 3 is 2.81 bits per heavy atom. The van der Waals surface area contributed by atoms with E-state index in [0.29, 0.717) is 6.54 Å². The zero-order chi connectivity index (χ0) is 11.7. The maximum atomic E-state index is 11.6. The van der Waals surface area contributed by atoms with E-state index < -0.39 is 0 Å². The lowest BCUT2D eigenvalue weighted by molar-refractivity contribution is 0.633. The molecule has 0 aromatic carbocycles. The summed E-state index contributed by atoms with van der Waals surface area (Å²) in [5, 5.41) is 5.00. The average molecular weight is 347 g/mol. The number of hydrogen-bond acceptors (Lipinski definition) is 4. The molecule has 2 aromatic rings. The van der Waals surface area contributed by atoms with Gasteiger partial charge in [0.25, 0.3) is 5.56 Å². The van der Waals surface area contributed by atoms with Crippen LogP contribution in [0.1, 0.15) is 15.6 Å². The van der Waals surface area contributed by atoms with Crippen molar-refractivity contribution in [2.24, 2.45) is 0 Å². The molecular weight excluding hydrogens is 337 g/mol. The van der Waals surface area contributed by atoms with E-state index in [0.717, 1.165) is 14.3 Å². The number of hydrogen-bond donors (Lipinski definition) is 0. The Hall–Kier alpha value is -0.760. The van der Waals surface area contributed by atoms with Gasteiger partial charge in [-0.1, -0.05) is 0 Å². The van der Waals surface area contributed by atoms with Crippen LogP contribution in [0.4, 0.5) is 0 Å². The quantitative estimate of drug-likeness (QED) is 0.781. The van der Waals surface area contributed by atoms with Gasteiger partial charge in [0.05, 0.1) is 18.4 Å². The van der Waals surface area contributed by atoms with Gasteiger partial charge in [0.1, 0.15) is 5.01 Å². The van der Waals surface area contributed by atoms with E-state index in [-0.39, 0.29) is 5.56 Å². The molecule has 2 rings (SSSR count). The summed E-state index contributed by atoms with van der Waals surface area (Å²) in [6, 6.07) is 1.57. The zero-order valence-electron chi connectivity index (χ0n) is 8.90. The van der Waals surface area contributed by atoms with E-state index in [2.05, 4.69) is 32.7 Å². The van der Waals surface area contributed by atoms with Crippen LogP contribution in [0.25, 0.3) is 0 Å². The van der Waals surface area contributed by atoms with Crippen molar-refractivity contribution < 1.29 is 0 Å². The molecule has 0 saturated heterocycles. The van der Waals surface area contributed by atoms with Crippen LogP contribution in [0, 0.1) is 17.4 Å². The number of halogens is 1. The molecule has 2 heterocycles. The molecule has 0 amide bonds. The van der Waals surface area contributed by atoms with E-state index >= 15 is 0 Å². The van der Waals surface area contributed by atoms with Crippen LogP contribution in [-0.4, -0.2) is 14.8 Å². The highest BCUT2D eigenvalue weighted by atomic mass is 127. The fourth-order valence-electron chi connectivity index (χ4n) is 1.27. The first-order valence-corrected chi connectivity index (χ1v) is 6.61. The van der Waals surface area contributed by atoms with E-state index in [4.69, 9.17) is 0 Å². The first-order chi connectivity index (χ1) is 7.56. The van der Waals surface area contributed by atoms with Crippen molar-refractivity contribution in [1.82, 2.24) is 14.8 Å². The highest BCUT2D eigenvalue weighted by molar-refractivity contribution is 14.1. The summed E-state index contributed by atoms with van der Waals surface area (Å²) in [6.07, 6.45) is 1.68. The SMILES string of the molecule is Cc1nc(Cn2ncc(I)cc2=O)sc1C. The Morgan fingerprint density at radius 2 is 2.25 bits per heavy atom. The largest absolute Gasteiger partial charge is 0.268 e. The second kappa shape index (κ2) is 4.62. The molecule has 84 valence electrons. The number of nitrogens with zero attached hydrogens (tertiary/aromatic N) is 3. The lowest BCUT2D eigenvalue weighted by atomic mass is 10.4. The van der Waals surface area contributed by atoms with Crippen LogP contribution in [0.2, 0.25) is 0 Å². The van der Waals surface area contributed by atoms with Crippen molar-refractivity contribution in [2.75, 3.05) is 0 Å². The Balaban J connectivity index is 2.30. The molecule has 0 atom stereocenters. The lowest BCUT2D eigenvalue weighted by Crippen LogP contribution is -2.22. The van der Waals surface area contributed by atoms with Gasteiger partial charge in [0.2, 0.25) is 0 Å². The molecule has 0 bridgehead atoms. The zero-order valence-corrected chi connectivity index (χ0v) is 11.9. The molecule has 0 aliphatic rings. The highest BCUT2D eigenvalue weighted by Gasteiger charge is 2.06. The van der Waals surface area contributed by atoms with Crippen molar-refractivity contribution in [3.63, 3.8) is 0 Å². The van der Waals surface area contributed by atoms with Crippen LogP contribution in [0.15, 0.2) is 17.1 Å². The molecule has 4 nitrogen and oxygen atoms in total. The van der Waals surface area contributed by atoms with Crippen LogP contribution in [0.3, 0.4) is 0 Å².